The first-order valence-electron chi connectivity index (χ1n) is 4.26. The van der Waals surface area contributed by atoms with Gasteiger partial charge in [-0.3, -0.25) is 4.79 Å². The van der Waals surface area contributed by atoms with Gasteiger partial charge >= 0.3 is 0 Å². The number of allylic oxidation sites excluding steroid dienone is 2. The molecule has 1 aliphatic rings. The first-order valence-corrected chi connectivity index (χ1v) is 4.26. The molecule has 0 fully saturated rings. The highest BCUT2D eigenvalue weighted by molar-refractivity contribution is 5.55. The van der Waals surface area contributed by atoms with Gasteiger partial charge in [0.2, 0.25) is 6.29 Å². The lowest BCUT2D eigenvalue weighted by molar-refractivity contribution is -0.130. The molecule has 0 aromatic carbocycles. The van der Waals surface area contributed by atoms with E-state index in [0.717, 1.165) is 30.8 Å². The van der Waals surface area contributed by atoms with Crippen molar-refractivity contribution in [2.45, 2.75) is 39.4 Å². The molecule has 1 heterocycles. The highest BCUT2D eigenvalue weighted by Crippen LogP contribution is 2.24. The number of carbonyl (C=O) groups excluding carboxylic acids is 1. The van der Waals surface area contributed by atoms with Gasteiger partial charge in [0.15, 0.2) is 0 Å². The Hall–Kier alpha value is -0.990. The van der Waals surface area contributed by atoms with Crippen LogP contribution in [0.2, 0.25) is 0 Å². The third kappa shape index (κ3) is 2.00. The molecule has 1 aliphatic heterocycles. The molecule has 0 aliphatic carbocycles. The van der Waals surface area contributed by atoms with Gasteiger partial charge < -0.3 is 9.47 Å². The Labute approximate surface area is 72.4 Å². The second-order valence-corrected chi connectivity index (χ2v) is 2.82. The summed E-state index contributed by atoms with van der Waals surface area (Å²) in [7, 11) is 0. The maximum absolute atomic E-state index is 10.3. The van der Waals surface area contributed by atoms with Crippen molar-refractivity contribution in [3.05, 3.63) is 11.5 Å². The van der Waals surface area contributed by atoms with E-state index in [-0.39, 0.29) is 0 Å². The van der Waals surface area contributed by atoms with Gasteiger partial charge in [-0.05, 0) is 13.3 Å². The zero-order chi connectivity index (χ0) is 8.97. The fourth-order valence-corrected chi connectivity index (χ4v) is 1.12. The Morgan fingerprint density at radius 2 is 2.25 bits per heavy atom. The van der Waals surface area contributed by atoms with E-state index in [2.05, 4.69) is 6.92 Å². The van der Waals surface area contributed by atoms with E-state index in [1.165, 1.54) is 0 Å². The first kappa shape index (κ1) is 9.10. The lowest BCUT2D eigenvalue weighted by Crippen LogP contribution is -2.09. The van der Waals surface area contributed by atoms with Crippen LogP contribution in [-0.2, 0) is 14.3 Å². The summed E-state index contributed by atoms with van der Waals surface area (Å²) in [6, 6.07) is 0. The van der Waals surface area contributed by atoms with Gasteiger partial charge in [-0.1, -0.05) is 13.3 Å². The van der Waals surface area contributed by atoms with Gasteiger partial charge in [0, 0.05) is 6.42 Å². The lowest BCUT2D eigenvalue weighted by atomic mass is 10.2. The molecule has 3 heteroatoms. The summed E-state index contributed by atoms with van der Waals surface area (Å²) in [6.45, 7) is 3.94. The Morgan fingerprint density at radius 3 is 2.75 bits per heavy atom. The molecule has 0 N–H and O–H groups in total. The molecule has 68 valence electrons. The van der Waals surface area contributed by atoms with Crippen molar-refractivity contribution in [2.24, 2.45) is 0 Å². The number of aldehydes is 1. The Kier molecular flexibility index (Phi) is 3.14. The van der Waals surface area contributed by atoms with E-state index in [1.54, 1.807) is 0 Å². The Bertz CT molecular complexity index is 196. The van der Waals surface area contributed by atoms with E-state index in [4.69, 9.17) is 9.47 Å². The normalized spacial score (nSPS) is 22.0. The van der Waals surface area contributed by atoms with Crippen molar-refractivity contribution in [3.63, 3.8) is 0 Å². The van der Waals surface area contributed by atoms with Crippen molar-refractivity contribution in [1.82, 2.24) is 0 Å². The predicted molar refractivity (Wildman–Crippen MR) is 44.2 cm³/mol. The third-order valence-corrected chi connectivity index (χ3v) is 1.81. The van der Waals surface area contributed by atoms with Crippen LogP contribution in [-0.4, -0.2) is 12.6 Å². The second-order valence-electron chi connectivity index (χ2n) is 2.82. The predicted octanol–water partition coefficient (Wildman–Crippen LogP) is 1.98. The molecule has 0 spiro atoms. The summed E-state index contributed by atoms with van der Waals surface area (Å²) in [6.07, 6.45) is 3.03. The molecule has 1 unspecified atom stereocenters. The number of hydrogen-bond donors (Lipinski definition) is 0. The fraction of sp³-hybridized carbons (Fsp3) is 0.667. The second kappa shape index (κ2) is 4.14. The number of ether oxygens (including phenoxy) is 2. The molecular weight excluding hydrogens is 156 g/mol. The maximum atomic E-state index is 10.3. The Morgan fingerprint density at radius 1 is 1.50 bits per heavy atom. The van der Waals surface area contributed by atoms with Crippen LogP contribution in [0.1, 0.15) is 33.1 Å². The molecule has 0 saturated heterocycles. The van der Waals surface area contributed by atoms with Crippen molar-refractivity contribution in [2.75, 3.05) is 0 Å². The summed E-state index contributed by atoms with van der Waals surface area (Å²) >= 11 is 0. The van der Waals surface area contributed by atoms with E-state index < -0.39 is 6.29 Å². The van der Waals surface area contributed by atoms with E-state index in [1.807, 2.05) is 6.92 Å². The van der Waals surface area contributed by atoms with Crippen LogP contribution in [0.25, 0.3) is 0 Å². The summed E-state index contributed by atoms with van der Waals surface area (Å²) in [4.78, 5) is 10.3. The number of carbonyl (C=O) groups is 1. The number of unbranched alkanes of at least 4 members (excludes halogenated alkanes) is 1. The molecule has 1 rings (SSSR count). The topological polar surface area (TPSA) is 35.5 Å². The van der Waals surface area contributed by atoms with Crippen molar-refractivity contribution < 1.29 is 14.3 Å². The standard InChI is InChI=1S/C9H14O3/c1-3-4-5-8-7(2)11-9(6-10)12-8/h6,9H,3-5H2,1-2H3. The van der Waals surface area contributed by atoms with Crippen LogP contribution < -0.4 is 0 Å². The molecular formula is C9H14O3. The largest absolute Gasteiger partial charge is 0.449 e. The lowest BCUT2D eigenvalue weighted by Gasteiger charge is -2.03. The van der Waals surface area contributed by atoms with E-state index in [0.29, 0.717) is 6.29 Å². The first-order chi connectivity index (χ1) is 5.77. The summed E-state index contributed by atoms with van der Waals surface area (Å²) in [5.41, 5.74) is 0. The van der Waals surface area contributed by atoms with E-state index >= 15 is 0 Å². The third-order valence-electron chi connectivity index (χ3n) is 1.81. The molecule has 0 radical (unpaired) electrons. The van der Waals surface area contributed by atoms with Gasteiger partial charge in [-0.2, -0.15) is 0 Å². The van der Waals surface area contributed by atoms with Crippen molar-refractivity contribution >= 4 is 6.29 Å². The minimum absolute atomic E-state index is 0.669. The molecule has 0 saturated carbocycles. The van der Waals surface area contributed by atoms with Crippen LogP contribution in [0.3, 0.4) is 0 Å². The number of rotatable bonds is 4. The van der Waals surface area contributed by atoms with Gasteiger partial charge in [-0.25, -0.2) is 0 Å². The molecule has 12 heavy (non-hydrogen) atoms. The van der Waals surface area contributed by atoms with Crippen molar-refractivity contribution in [1.29, 1.82) is 0 Å². The smallest absolute Gasteiger partial charge is 0.297 e. The zero-order valence-corrected chi connectivity index (χ0v) is 7.50. The van der Waals surface area contributed by atoms with Gasteiger partial charge in [0.25, 0.3) is 6.29 Å². The maximum Gasteiger partial charge on any atom is 0.297 e. The monoisotopic (exact) mass is 170 g/mol. The summed E-state index contributed by atoms with van der Waals surface area (Å²) in [5, 5.41) is 0. The van der Waals surface area contributed by atoms with Crippen molar-refractivity contribution in [3.8, 4) is 0 Å². The Balaban J connectivity index is 2.42. The molecule has 0 bridgehead atoms. The average molecular weight is 170 g/mol. The molecule has 3 nitrogen and oxygen atoms in total. The number of hydrogen-bond acceptors (Lipinski definition) is 3. The van der Waals surface area contributed by atoms with Crippen LogP contribution in [0, 0.1) is 0 Å². The summed E-state index contributed by atoms with van der Waals surface area (Å²) < 4.78 is 10.3. The van der Waals surface area contributed by atoms with E-state index in [9.17, 15) is 4.79 Å². The highest BCUT2D eigenvalue weighted by atomic mass is 16.7. The van der Waals surface area contributed by atoms with Crippen LogP contribution in [0.15, 0.2) is 11.5 Å². The SMILES string of the molecule is CCCCC1=C(C)OC(C=O)O1. The quantitative estimate of drug-likeness (QED) is 0.605. The average Bonchev–Trinajstić information content (AvgIpc) is 2.43. The molecule has 0 aromatic rings. The van der Waals surface area contributed by atoms with Gasteiger partial charge in [-0.15, -0.1) is 0 Å². The highest BCUT2D eigenvalue weighted by Gasteiger charge is 2.22. The fourth-order valence-electron chi connectivity index (χ4n) is 1.12. The minimum Gasteiger partial charge on any atom is -0.449 e. The van der Waals surface area contributed by atoms with Gasteiger partial charge in [0.1, 0.15) is 11.5 Å². The molecule has 0 aromatic heterocycles. The summed E-state index contributed by atoms with van der Waals surface area (Å²) in [5.74, 6) is 1.58. The molecule has 0 amide bonds. The van der Waals surface area contributed by atoms with Crippen LogP contribution in [0.4, 0.5) is 0 Å². The minimum atomic E-state index is -0.697. The van der Waals surface area contributed by atoms with Gasteiger partial charge in [0.05, 0.1) is 0 Å². The molecule has 1 atom stereocenters. The van der Waals surface area contributed by atoms with Crippen LogP contribution >= 0.6 is 0 Å². The van der Waals surface area contributed by atoms with Crippen LogP contribution in [0.5, 0.6) is 0 Å². The zero-order valence-electron chi connectivity index (χ0n) is 7.50.